The van der Waals surface area contributed by atoms with Crippen molar-refractivity contribution < 1.29 is 0 Å². The third-order valence-corrected chi connectivity index (χ3v) is 3.54. The van der Waals surface area contributed by atoms with E-state index in [1.165, 1.54) is 0 Å². The molecule has 0 bridgehead atoms. The predicted octanol–water partition coefficient (Wildman–Crippen LogP) is 5.91. The van der Waals surface area contributed by atoms with Gasteiger partial charge in [0.1, 0.15) is 0 Å². The van der Waals surface area contributed by atoms with E-state index in [0.29, 0.717) is 15.6 Å². The number of nitrogens with one attached hydrogen (secondary N) is 1. The van der Waals surface area contributed by atoms with Crippen molar-refractivity contribution in [2.24, 2.45) is 0 Å². The van der Waals surface area contributed by atoms with Gasteiger partial charge in [-0.05, 0) is 47.4 Å². The smallest absolute Gasteiger partial charge is 0.0994 e. The standard InChI is InChI=1S/C17H16Cl2N2/c1-17(2,3)16-9-14(5-4-11(16)10-20)21-15-7-12(18)6-13(19)8-15/h4-9,21H,1-3H3. The summed E-state index contributed by atoms with van der Waals surface area (Å²) in [4.78, 5) is 0. The van der Waals surface area contributed by atoms with Crippen LogP contribution in [-0.4, -0.2) is 0 Å². The first-order valence-corrected chi connectivity index (χ1v) is 7.33. The van der Waals surface area contributed by atoms with Gasteiger partial charge in [0.25, 0.3) is 0 Å². The van der Waals surface area contributed by atoms with E-state index >= 15 is 0 Å². The summed E-state index contributed by atoms with van der Waals surface area (Å²) in [6.07, 6.45) is 0. The number of nitriles is 1. The van der Waals surface area contributed by atoms with Gasteiger partial charge in [0.2, 0.25) is 0 Å². The molecule has 2 aromatic rings. The first-order valence-electron chi connectivity index (χ1n) is 6.57. The summed E-state index contributed by atoms with van der Waals surface area (Å²) in [6.45, 7) is 6.26. The van der Waals surface area contributed by atoms with E-state index in [2.05, 4.69) is 32.2 Å². The topological polar surface area (TPSA) is 35.8 Å². The second-order valence-electron chi connectivity index (χ2n) is 5.91. The van der Waals surface area contributed by atoms with Gasteiger partial charge in [-0.1, -0.05) is 44.0 Å². The van der Waals surface area contributed by atoms with Gasteiger partial charge in [-0.2, -0.15) is 5.26 Å². The normalized spacial score (nSPS) is 11.0. The van der Waals surface area contributed by atoms with Crippen molar-refractivity contribution in [3.05, 3.63) is 57.6 Å². The van der Waals surface area contributed by atoms with Gasteiger partial charge < -0.3 is 5.32 Å². The molecule has 2 rings (SSSR count). The summed E-state index contributed by atoms with van der Waals surface area (Å²) >= 11 is 12.0. The Bertz CT molecular complexity index is 689. The fourth-order valence-corrected chi connectivity index (χ4v) is 2.66. The van der Waals surface area contributed by atoms with E-state index in [4.69, 9.17) is 23.2 Å². The summed E-state index contributed by atoms with van der Waals surface area (Å²) in [7, 11) is 0. The molecular weight excluding hydrogens is 303 g/mol. The van der Waals surface area contributed by atoms with Gasteiger partial charge in [0.15, 0.2) is 0 Å². The molecule has 0 unspecified atom stereocenters. The first-order chi connectivity index (χ1) is 9.79. The number of nitrogens with zero attached hydrogens (tertiary/aromatic N) is 1. The van der Waals surface area contributed by atoms with E-state index in [1.807, 2.05) is 30.3 Å². The third-order valence-electron chi connectivity index (χ3n) is 3.10. The van der Waals surface area contributed by atoms with Crippen molar-refractivity contribution in [2.45, 2.75) is 26.2 Å². The van der Waals surface area contributed by atoms with Gasteiger partial charge >= 0.3 is 0 Å². The molecule has 0 aliphatic carbocycles. The molecule has 0 spiro atoms. The molecule has 108 valence electrons. The Hall–Kier alpha value is -1.69. The number of benzene rings is 2. The van der Waals surface area contributed by atoms with Crippen molar-refractivity contribution in [3.63, 3.8) is 0 Å². The maximum atomic E-state index is 9.23. The molecule has 0 amide bonds. The molecule has 0 aliphatic heterocycles. The van der Waals surface area contributed by atoms with Crippen LogP contribution in [0, 0.1) is 11.3 Å². The molecule has 0 aliphatic rings. The zero-order valence-corrected chi connectivity index (χ0v) is 13.7. The van der Waals surface area contributed by atoms with Crippen LogP contribution < -0.4 is 5.32 Å². The molecule has 0 heterocycles. The molecule has 0 fully saturated rings. The maximum Gasteiger partial charge on any atom is 0.0994 e. The number of anilines is 2. The monoisotopic (exact) mass is 318 g/mol. The van der Waals surface area contributed by atoms with Crippen molar-refractivity contribution in [1.29, 1.82) is 5.26 Å². The summed E-state index contributed by atoms with van der Waals surface area (Å²) < 4.78 is 0. The zero-order valence-electron chi connectivity index (χ0n) is 12.2. The number of halogens is 2. The maximum absolute atomic E-state index is 9.23. The zero-order chi connectivity index (χ0) is 15.6. The minimum absolute atomic E-state index is 0.102. The van der Waals surface area contributed by atoms with E-state index in [-0.39, 0.29) is 5.41 Å². The predicted molar refractivity (Wildman–Crippen MR) is 89.6 cm³/mol. The Morgan fingerprint density at radius 3 is 2.10 bits per heavy atom. The lowest BCUT2D eigenvalue weighted by Crippen LogP contribution is -2.13. The van der Waals surface area contributed by atoms with Crippen LogP contribution in [0.1, 0.15) is 31.9 Å². The van der Waals surface area contributed by atoms with Crippen LogP contribution in [0.25, 0.3) is 0 Å². The average Bonchev–Trinajstić information content (AvgIpc) is 2.36. The SMILES string of the molecule is CC(C)(C)c1cc(Nc2cc(Cl)cc(Cl)c2)ccc1C#N. The lowest BCUT2D eigenvalue weighted by molar-refractivity contribution is 0.589. The highest BCUT2D eigenvalue weighted by atomic mass is 35.5. The molecular formula is C17H16Cl2N2. The fraction of sp³-hybridized carbons (Fsp3) is 0.235. The largest absolute Gasteiger partial charge is 0.355 e. The molecule has 0 radical (unpaired) electrons. The number of hydrogen-bond acceptors (Lipinski definition) is 2. The van der Waals surface area contributed by atoms with Gasteiger partial charge in [-0.25, -0.2) is 0 Å². The van der Waals surface area contributed by atoms with Crippen molar-refractivity contribution in [1.82, 2.24) is 0 Å². The van der Waals surface area contributed by atoms with Gasteiger partial charge in [-0.3, -0.25) is 0 Å². The van der Waals surface area contributed by atoms with Gasteiger partial charge in [0, 0.05) is 21.4 Å². The van der Waals surface area contributed by atoms with Crippen molar-refractivity contribution in [3.8, 4) is 6.07 Å². The van der Waals surface area contributed by atoms with Crippen LogP contribution in [-0.2, 0) is 5.41 Å². The molecule has 0 saturated carbocycles. The Labute approximate surface area is 135 Å². The Morgan fingerprint density at radius 2 is 1.57 bits per heavy atom. The van der Waals surface area contributed by atoms with Crippen molar-refractivity contribution >= 4 is 34.6 Å². The van der Waals surface area contributed by atoms with Crippen LogP contribution in [0.4, 0.5) is 11.4 Å². The van der Waals surface area contributed by atoms with Crippen LogP contribution in [0.3, 0.4) is 0 Å². The second-order valence-corrected chi connectivity index (χ2v) is 6.78. The lowest BCUT2D eigenvalue weighted by Gasteiger charge is -2.21. The fourth-order valence-electron chi connectivity index (χ4n) is 2.13. The molecule has 0 aromatic heterocycles. The summed E-state index contributed by atoms with van der Waals surface area (Å²) in [5, 5.41) is 13.7. The van der Waals surface area contributed by atoms with Gasteiger partial charge in [-0.15, -0.1) is 0 Å². The Kier molecular flexibility index (Phi) is 4.46. The van der Waals surface area contributed by atoms with Crippen LogP contribution >= 0.6 is 23.2 Å². The molecule has 4 heteroatoms. The quantitative estimate of drug-likeness (QED) is 0.747. The summed E-state index contributed by atoms with van der Waals surface area (Å²) in [5.41, 5.74) is 3.31. The van der Waals surface area contributed by atoms with Crippen LogP contribution in [0.15, 0.2) is 36.4 Å². The average molecular weight is 319 g/mol. The molecule has 2 nitrogen and oxygen atoms in total. The molecule has 21 heavy (non-hydrogen) atoms. The van der Waals surface area contributed by atoms with E-state index in [0.717, 1.165) is 16.9 Å². The highest BCUT2D eigenvalue weighted by molar-refractivity contribution is 6.35. The Morgan fingerprint density at radius 1 is 0.952 bits per heavy atom. The van der Waals surface area contributed by atoms with E-state index in [1.54, 1.807) is 6.07 Å². The lowest BCUT2D eigenvalue weighted by atomic mass is 9.84. The van der Waals surface area contributed by atoms with Gasteiger partial charge in [0.05, 0.1) is 11.6 Å². The number of hydrogen-bond donors (Lipinski definition) is 1. The second kappa shape index (κ2) is 5.97. The summed E-state index contributed by atoms with van der Waals surface area (Å²) in [6, 6.07) is 13.2. The van der Waals surface area contributed by atoms with Crippen LogP contribution in [0.2, 0.25) is 10.0 Å². The Balaban J connectivity index is 2.40. The summed E-state index contributed by atoms with van der Waals surface area (Å²) in [5.74, 6) is 0. The molecule has 0 saturated heterocycles. The van der Waals surface area contributed by atoms with E-state index < -0.39 is 0 Å². The number of rotatable bonds is 2. The van der Waals surface area contributed by atoms with Crippen molar-refractivity contribution in [2.75, 3.05) is 5.32 Å². The highest BCUT2D eigenvalue weighted by Crippen LogP contribution is 2.30. The minimum Gasteiger partial charge on any atom is -0.355 e. The molecule has 2 aromatic carbocycles. The van der Waals surface area contributed by atoms with Crippen LogP contribution in [0.5, 0.6) is 0 Å². The van der Waals surface area contributed by atoms with E-state index in [9.17, 15) is 5.26 Å². The highest BCUT2D eigenvalue weighted by Gasteiger charge is 2.18. The molecule has 0 atom stereocenters. The molecule has 1 N–H and O–H groups in total. The third kappa shape index (κ3) is 3.91. The minimum atomic E-state index is -0.102. The first kappa shape index (κ1) is 15.7.